The van der Waals surface area contributed by atoms with E-state index in [9.17, 15) is 9.59 Å². The normalized spacial score (nSPS) is 10.9. The van der Waals surface area contributed by atoms with Crippen LogP contribution in [0.5, 0.6) is 0 Å². The van der Waals surface area contributed by atoms with Gasteiger partial charge in [-0.1, -0.05) is 0 Å². The lowest BCUT2D eigenvalue weighted by Gasteiger charge is -2.16. The number of nitrogens with zero attached hydrogens (tertiary/aromatic N) is 1. The van der Waals surface area contributed by atoms with Crippen LogP contribution in [-0.4, -0.2) is 24.3 Å². The summed E-state index contributed by atoms with van der Waals surface area (Å²) in [5.74, 6) is 3.97. The molecule has 0 atom stereocenters. The average molecular weight is 355 g/mol. The number of hydrogen-bond donors (Lipinski definition) is 2. The Hall–Kier alpha value is 0.340. The van der Waals surface area contributed by atoms with Crippen LogP contribution in [0.3, 0.4) is 0 Å². The SMILES string of the molecule is NN(C(=O)O)C(=O)C(Br)(Br)Br. The zero-order valence-corrected chi connectivity index (χ0v) is 9.68. The fourth-order valence-electron chi connectivity index (χ4n) is 0.223. The van der Waals surface area contributed by atoms with Gasteiger partial charge in [0.1, 0.15) is 0 Å². The summed E-state index contributed by atoms with van der Waals surface area (Å²) in [5.41, 5.74) is 0. The molecule has 0 heterocycles. The standard InChI is InChI=1S/C3H3Br3N2O3/c4-3(5,6)1(9)8(7)2(10)11/h7H2,(H,10,11). The Morgan fingerprint density at radius 2 is 1.73 bits per heavy atom. The van der Waals surface area contributed by atoms with Crippen LogP contribution < -0.4 is 5.84 Å². The summed E-state index contributed by atoms with van der Waals surface area (Å²) in [7, 11) is 0. The number of hydrazine groups is 1. The Labute approximate surface area is 87.3 Å². The molecular weight excluding hydrogens is 352 g/mol. The Kier molecular flexibility index (Phi) is 3.95. The van der Waals surface area contributed by atoms with E-state index < -0.39 is 14.1 Å². The Bertz CT molecular complexity index is 189. The monoisotopic (exact) mass is 352 g/mol. The Balaban J connectivity index is 4.39. The van der Waals surface area contributed by atoms with Crippen LogP contribution in [0.1, 0.15) is 0 Å². The maximum atomic E-state index is 10.9. The number of halogens is 3. The smallest absolute Gasteiger partial charge is 0.428 e. The zero-order chi connectivity index (χ0) is 9.23. The number of nitrogens with two attached hydrogens (primary N) is 1. The summed E-state index contributed by atoms with van der Waals surface area (Å²) in [5, 5.41) is 8.29. The van der Waals surface area contributed by atoms with Crippen molar-refractivity contribution in [3.63, 3.8) is 0 Å². The van der Waals surface area contributed by atoms with Crippen molar-refractivity contribution in [1.82, 2.24) is 5.01 Å². The van der Waals surface area contributed by atoms with Gasteiger partial charge in [-0.25, -0.2) is 10.6 Å². The number of hydrogen-bond acceptors (Lipinski definition) is 3. The number of rotatable bonds is 0. The fourth-order valence-corrected chi connectivity index (χ4v) is 0.797. The molecular formula is C3H3Br3N2O3. The van der Waals surface area contributed by atoms with Gasteiger partial charge in [0.15, 0.2) is 0 Å². The van der Waals surface area contributed by atoms with E-state index in [1.165, 1.54) is 0 Å². The van der Waals surface area contributed by atoms with Crippen LogP contribution in [0.2, 0.25) is 0 Å². The minimum absolute atomic E-state index is 0.0538. The number of carbonyl (C=O) groups excluding carboxylic acids is 1. The van der Waals surface area contributed by atoms with Crippen molar-refractivity contribution in [2.75, 3.05) is 0 Å². The van der Waals surface area contributed by atoms with Gasteiger partial charge in [0.2, 0.25) is 2.14 Å². The van der Waals surface area contributed by atoms with Crippen LogP contribution in [0.15, 0.2) is 0 Å². The molecule has 11 heavy (non-hydrogen) atoms. The van der Waals surface area contributed by atoms with Crippen LogP contribution in [-0.2, 0) is 4.79 Å². The molecule has 5 nitrogen and oxygen atoms in total. The van der Waals surface area contributed by atoms with Crippen molar-refractivity contribution in [1.29, 1.82) is 0 Å². The van der Waals surface area contributed by atoms with Crippen molar-refractivity contribution in [2.45, 2.75) is 2.14 Å². The molecule has 0 saturated carbocycles. The molecule has 0 fully saturated rings. The third-order valence-corrected chi connectivity index (χ3v) is 1.68. The van der Waals surface area contributed by atoms with Gasteiger partial charge < -0.3 is 5.11 Å². The third-order valence-electron chi connectivity index (χ3n) is 0.667. The summed E-state index contributed by atoms with van der Waals surface area (Å²) < 4.78 is -1.32. The number of carboxylic acid groups (broad SMARTS) is 1. The van der Waals surface area contributed by atoms with Gasteiger partial charge in [-0.15, -0.1) is 0 Å². The topological polar surface area (TPSA) is 83.6 Å². The lowest BCUT2D eigenvalue weighted by atomic mass is 10.7. The van der Waals surface area contributed by atoms with E-state index >= 15 is 0 Å². The van der Waals surface area contributed by atoms with E-state index in [-0.39, 0.29) is 5.01 Å². The van der Waals surface area contributed by atoms with Crippen molar-refractivity contribution in [3.05, 3.63) is 0 Å². The van der Waals surface area contributed by atoms with E-state index in [2.05, 4.69) is 47.8 Å². The fraction of sp³-hybridized carbons (Fsp3) is 0.333. The van der Waals surface area contributed by atoms with Crippen molar-refractivity contribution in [2.24, 2.45) is 5.84 Å². The predicted molar refractivity (Wildman–Crippen MR) is 48.6 cm³/mol. The lowest BCUT2D eigenvalue weighted by Crippen LogP contribution is -2.46. The Morgan fingerprint density at radius 3 is 1.82 bits per heavy atom. The third kappa shape index (κ3) is 3.50. The summed E-state index contributed by atoms with van der Waals surface area (Å²) in [6.07, 6.45) is -1.53. The molecule has 0 saturated heterocycles. The summed E-state index contributed by atoms with van der Waals surface area (Å²) in [6, 6.07) is 0. The highest BCUT2D eigenvalue weighted by atomic mass is 80.0. The highest BCUT2D eigenvalue weighted by Crippen LogP contribution is 2.34. The second-order valence-electron chi connectivity index (χ2n) is 1.46. The van der Waals surface area contributed by atoms with E-state index in [0.29, 0.717) is 0 Å². The second kappa shape index (κ2) is 3.83. The minimum Gasteiger partial charge on any atom is -0.464 e. The second-order valence-corrected chi connectivity index (χ2v) is 8.22. The quantitative estimate of drug-likeness (QED) is 0.296. The van der Waals surface area contributed by atoms with Crippen molar-refractivity contribution >= 4 is 59.8 Å². The predicted octanol–water partition coefficient (Wildman–Crippen LogP) is 1.21. The number of amides is 2. The first-order valence-electron chi connectivity index (χ1n) is 2.15. The van der Waals surface area contributed by atoms with Gasteiger partial charge in [0, 0.05) is 0 Å². The lowest BCUT2D eigenvalue weighted by molar-refractivity contribution is -0.127. The molecule has 0 aliphatic rings. The summed E-state index contributed by atoms with van der Waals surface area (Å²) in [4.78, 5) is 21.0. The molecule has 0 spiro atoms. The van der Waals surface area contributed by atoms with Gasteiger partial charge >= 0.3 is 6.09 Å². The largest absolute Gasteiger partial charge is 0.464 e. The molecule has 0 aliphatic carbocycles. The van der Waals surface area contributed by atoms with Gasteiger partial charge in [0.25, 0.3) is 5.91 Å². The zero-order valence-electron chi connectivity index (χ0n) is 4.92. The highest BCUT2D eigenvalue weighted by Gasteiger charge is 2.35. The first-order valence-corrected chi connectivity index (χ1v) is 4.53. The molecule has 0 aromatic rings. The first-order chi connectivity index (χ1) is 4.76. The molecule has 0 radical (unpaired) electrons. The molecule has 3 N–H and O–H groups in total. The maximum absolute atomic E-state index is 10.9. The highest BCUT2D eigenvalue weighted by molar-refractivity contribution is 9.40. The molecule has 8 heteroatoms. The minimum atomic E-state index is -1.53. The van der Waals surface area contributed by atoms with Crippen LogP contribution in [0.25, 0.3) is 0 Å². The average Bonchev–Trinajstić information content (AvgIpc) is 1.82. The van der Waals surface area contributed by atoms with Gasteiger partial charge in [-0.3, -0.25) is 4.79 Å². The summed E-state index contributed by atoms with van der Waals surface area (Å²) >= 11 is 8.43. The van der Waals surface area contributed by atoms with Crippen LogP contribution >= 0.6 is 47.8 Å². The number of carbonyl (C=O) groups is 2. The van der Waals surface area contributed by atoms with Crippen LogP contribution in [0.4, 0.5) is 4.79 Å². The molecule has 0 aromatic carbocycles. The van der Waals surface area contributed by atoms with Gasteiger partial charge in [-0.2, -0.15) is 5.01 Å². The number of imide groups is 1. The van der Waals surface area contributed by atoms with Crippen LogP contribution in [0, 0.1) is 0 Å². The van der Waals surface area contributed by atoms with Crippen molar-refractivity contribution < 1.29 is 14.7 Å². The number of alkyl halides is 3. The van der Waals surface area contributed by atoms with E-state index in [4.69, 9.17) is 10.9 Å². The van der Waals surface area contributed by atoms with Gasteiger partial charge in [0.05, 0.1) is 0 Å². The molecule has 0 aromatic heterocycles. The molecule has 64 valence electrons. The van der Waals surface area contributed by atoms with Crippen molar-refractivity contribution in [3.8, 4) is 0 Å². The summed E-state index contributed by atoms with van der Waals surface area (Å²) in [6.45, 7) is 0. The van der Waals surface area contributed by atoms with Gasteiger partial charge in [-0.05, 0) is 47.8 Å². The molecule has 2 amide bonds. The Morgan fingerprint density at radius 1 is 1.36 bits per heavy atom. The molecule has 0 bridgehead atoms. The van der Waals surface area contributed by atoms with E-state index in [1.807, 2.05) is 0 Å². The molecule has 0 aliphatic heterocycles. The van der Waals surface area contributed by atoms with E-state index in [1.54, 1.807) is 0 Å². The molecule has 0 rings (SSSR count). The van der Waals surface area contributed by atoms with E-state index in [0.717, 1.165) is 0 Å². The first kappa shape index (κ1) is 11.3. The maximum Gasteiger partial charge on any atom is 0.428 e. The molecule has 0 unspecified atom stereocenters.